The van der Waals surface area contributed by atoms with Gasteiger partial charge in [0.1, 0.15) is 16.0 Å². The first-order chi connectivity index (χ1) is 13.3. The predicted molar refractivity (Wildman–Crippen MR) is 116 cm³/mol. The van der Waals surface area contributed by atoms with Crippen molar-refractivity contribution in [2.75, 3.05) is 6.61 Å². The van der Waals surface area contributed by atoms with Crippen molar-refractivity contribution in [2.24, 2.45) is 0 Å². The van der Waals surface area contributed by atoms with Gasteiger partial charge >= 0.3 is 0 Å². The molecule has 2 aromatic heterocycles. The van der Waals surface area contributed by atoms with Gasteiger partial charge in [0.05, 0.1) is 0 Å². The highest BCUT2D eigenvalue weighted by atomic mass is 79.9. The first-order valence-electron chi connectivity index (χ1n) is 9.01. The number of pyridine rings is 2. The van der Waals surface area contributed by atoms with E-state index in [-0.39, 0.29) is 12.4 Å². The van der Waals surface area contributed by atoms with Crippen LogP contribution in [0.4, 0.5) is 0 Å². The quantitative estimate of drug-likeness (QED) is 0.383. The summed E-state index contributed by atoms with van der Waals surface area (Å²) in [5.74, 6) is 0.659. The lowest BCUT2D eigenvalue weighted by Gasteiger charge is -2.11. The van der Waals surface area contributed by atoms with Crippen LogP contribution in [0.1, 0.15) is 38.3 Å². The standard InChI is InChI=1S/C17H19NO2.C6H6BrN/c1-11-5-6-15(18-9-11)16(19)10-20-17-8-12(2)7-13(3)14(17)4;1-5-2-3-6(7)8-4-5/h5-9H,10H2,1-4H3;2-4H,1H3. The number of Topliss-reactive ketones (excluding diaryl/α,β-unsaturated/α-hetero) is 1. The van der Waals surface area contributed by atoms with E-state index in [4.69, 9.17) is 4.74 Å². The van der Waals surface area contributed by atoms with E-state index >= 15 is 0 Å². The highest BCUT2D eigenvalue weighted by Crippen LogP contribution is 2.23. The van der Waals surface area contributed by atoms with Gasteiger partial charge in [0.2, 0.25) is 5.78 Å². The lowest BCUT2D eigenvalue weighted by molar-refractivity contribution is 0.0916. The lowest BCUT2D eigenvalue weighted by Crippen LogP contribution is -2.13. The molecule has 0 bridgehead atoms. The summed E-state index contributed by atoms with van der Waals surface area (Å²) in [6, 6.07) is 11.6. The van der Waals surface area contributed by atoms with Gasteiger partial charge in [0.25, 0.3) is 0 Å². The third-order valence-electron chi connectivity index (χ3n) is 4.20. The van der Waals surface area contributed by atoms with Gasteiger partial charge in [-0.05, 0) is 96.6 Å². The summed E-state index contributed by atoms with van der Waals surface area (Å²) in [6.07, 6.45) is 3.51. The molecule has 0 saturated heterocycles. The van der Waals surface area contributed by atoms with Gasteiger partial charge in [-0.25, -0.2) is 4.98 Å². The Bertz CT molecular complexity index is 915. The van der Waals surface area contributed by atoms with Gasteiger partial charge < -0.3 is 4.74 Å². The molecule has 28 heavy (non-hydrogen) atoms. The number of aryl methyl sites for hydroxylation is 4. The topological polar surface area (TPSA) is 52.1 Å². The number of carbonyl (C=O) groups is 1. The fourth-order valence-electron chi connectivity index (χ4n) is 2.45. The summed E-state index contributed by atoms with van der Waals surface area (Å²) in [4.78, 5) is 20.1. The SMILES string of the molecule is Cc1ccc(Br)nc1.Cc1ccc(C(=O)COc2cc(C)cc(C)c2C)nc1. The van der Waals surface area contributed by atoms with E-state index in [9.17, 15) is 4.79 Å². The molecule has 146 valence electrons. The third kappa shape index (κ3) is 6.57. The molecule has 0 spiro atoms. The van der Waals surface area contributed by atoms with Crippen LogP contribution in [0.25, 0.3) is 0 Å². The Morgan fingerprint density at radius 3 is 2.07 bits per heavy atom. The van der Waals surface area contributed by atoms with Crippen molar-refractivity contribution in [3.8, 4) is 5.75 Å². The molecule has 0 unspecified atom stereocenters. The first kappa shape index (κ1) is 21.8. The molecule has 1 aromatic carbocycles. The third-order valence-corrected chi connectivity index (χ3v) is 4.66. The van der Waals surface area contributed by atoms with Crippen LogP contribution in [0.15, 0.2) is 53.4 Å². The van der Waals surface area contributed by atoms with Crippen LogP contribution in [-0.4, -0.2) is 22.4 Å². The summed E-state index contributed by atoms with van der Waals surface area (Å²) in [7, 11) is 0. The second-order valence-corrected chi connectivity index (χ2v) is 7.61. The molecule has 2 heterocycles. The maximum Gasteiger partial charge on any atom is 0.218 e. The van der Waals surface area contributed by atoms with Crippen molar-refractivity contribution < 1.29 is 9.53 Å². The maximum atomic E-state index is 12.0. The van der Waals surface area contributed by atoms with E-state index in [0.717, 1.165) is 27.0 Å². The highest BCUT2D eigenvalue weighted by Gasteiger charge is 2.10. The van der Waals surface area contributed by atoms with Crippen LogP contribution in [-0.2, 0) is 0 Å². The van der Waals surface area contributed by atoms with Crippen LogP contribution in [0.2, 0.25) is 0 Å². The smallest absolute Gasteiger partial charge is 0.218 e. The number of aromatic nitrogens is 2. The molecule has 0 aliphatic rings. The van der Waals surface area contributed by atoms with Crippen LogP contribution in [0, 0.1) is 34.6 Å². The highest BCUT2D eigenvalue weighted by molar-refractivity contribution is 9.10. The zero-order valence-electron chi connectivity index (χ0n) is 16.9. The number of rotatable bonds is 4. The monoisotopic (exact) mass is 440 g/mol. The van der Waals surface area contributed by atoms with Crippen molar-refractivity contribution in [1.82, 2.24) is 9.97 Å². The van der Waals surface area contributed by atoms with E-state index < -0.39 is 0 Å². The Labute approximate surface area is 175 Å². The van der Waals surface area contributed by atoms with Crippen LogP contribution in [0.3, 0.4) is 0 Å². The molecule has 5 heteroatoms. The fraction of sp³-hybridized carbons (Fsp3) is 0.261. The van der Waals surface area contributed by atoms with E-state index in [2.05, 4.69) is 32.0 Å². The molecular formula is C23H25BrN2O2. The van der Waals surface area contributed by atoms with Gasteiger partial charge in [-0.2, -0.15) is 0 Å². The molecular weight excluding hydrogens is 416 g/mol. The summed E-state index contributed by atoms with van der Waals surface area (Å²) < 4.78 is 6.55. The van der Waals surface area contributed by atoms with E-state index in [1.54, 1.807) is 12.3 Å². The number of ether oxygens (including phenoxy) is 1. The number of benzene rings is 1. The van der Waals surface area contributed by atoms with Gasteiger partial charge in [-0.1, -0.05) is 18.2 Å². The second kappa shape index (κ2) is 10.1. The fourth-order valence-corrected chi connectivity index (χ4v) is 2.69. The number of hydrogen-bond acceptors (Lipinski definition) is 4. The minimum absolute atomic E-state index is 0.0137. The molecule has 0 aliphatic carbocycles. The van der Waals surface area contributed by atoms with Gasteiger partial charge in [-0.15, -0.1) is 0 Å². The summed E-state index contributed by atoms with van der Waals surface area (Å²) in [5.41, 5.74) is 6.03. The van der Waals surface area contributed by atoms with E-state index in [1.165, 1.54) is 11.1 Å². The van der Waals surface area contributed by atoms with Crippen molar-refractivity contribution in [2.45, 2.75) is 34.6 Å². The van der Waals surface area contributed by atoms with Crippen molar-refractivity contribution in [1.29, 1.82) is 0 Å². The number of halogens is 1. The molecule has 0 atom stereocenters. The lowest BCUT2D eigenvalue weighted by atomic mass is 10.1. The van der Waals surface area contributed by atoms with Crippen molar-refractivity contribution >= 4 is 21.7 Å². The van der Waals surface area contributed by atoms with Crippen molar-refractivity contribution in [3.05, 3.63) is 86.9 Å². The minimum atomic E-state index is -0.108. The van der Waals surface area contributed by atoms with Crippen LogP contribution >= 0.6 is 15.9 Å². The Hall–Kier alpha value is -2.53. The molecule has 0 fully saturated rings. The molecule has 0 amide bonds. The Kier molecular flexibility index (Phi) is 7.88. The van der Waals surface area contributed by atoms with Gasteiger partial charge in [-0.3, -0.25) is 9.78 Å². The number of nitrogens with zero attached hydrogens (tertiary/aromatic N) is 2. The Balaban J connectivity index is 0.000000292. The second-order valence-electron chi connectivity index (χ2n) is 6.80. The van der Waals surface area contributed by atoms with Crippen LogP contribution in [0.5, 0.6) is 5.75 Å². The number of ketones is 1. The zero-order chi connectivity index (χ0) is 20.7. The summed E-state index contributed by atoms with van der Waals surface area (Å²) in [5, 5.41) is 0. The molecule has 0 saturated carbocycles. The molecule has 0 N–H and O–H groups in total. The first-order valence-corrected chi connectivity index (χ1v) is 9.80. The largest absolute Gasteiger partial charge is 0.485 e. The number of hydrogen-bond donors (Lipinski definition) is 0. The van der Waals surface area contributed by atoms with E-state index in [0.29, 0.717) is 5.69 Å². The molecule has 3 rings (SSSR count). The zero-order valence-corrected chi connectivity index (χ0v) is 18.5. The Morgan fingerprint density at radius 2 is 1.54 bits per heavy atom. The Morgan fingerprint density at radius 1 is 0.893 bits per heavy atom. The average Bonchev–Trinajstić information content (AvgIpc) is 2.66. The normalized spacial score (nSPS) is 10.1. The summed E-state index contributed by atoms with van der Waals surface area (Å²) >= 11 is 3.23. The summed E-state index contributed by atoms with van der Waals surface area (Å²) in [6.45, 7) is 10.0. The maximum absolute atomic E-state index is 12.0. The molecule has 0 aliphatic heterocycles. The van der Waals surface area contributed by atoms with E-state index in [1.807, 2.05) is 65.1 Å². The van der Waals surface area contributed by atoms with Crippen LogP contribution < -0.4 is 4.74 Å². The molecule has 0 radical (unpaired) electrons. The average molecular weight is 441 g/mol. The van der Waals surface area contributed by atoms with Gasteiger partial charge in [0.15, 0.2) is 6.61 Å². The van der Waals surface area contributed by atoms with Gasteiger partial charge in [0, 0.05) is 12.4 Å². The molecule has 4 nitrogen and oxygen atoms in total. The molecule has 3 aromatic rings. The predicted octanol–water partition coefficient (Wildman–Crippen LogP) is 5.73. The van der Waals surface area contributed by atoms with Crippen molar-refractivity contribution in [3.63, 3.8) is 0 Å². The number of carbonyl (C=O) groups excluding carboxylic acids is 1. The minimum Gasteiger partial charge on any atom is -0.485 e.